The lowest BCUT2D eigenvalue weighted by Gasteiger charge is -2.29. The molecule has 1 aromatic rings. The molecule has 16 heavy (non-hydrogen) atoms. The fraction of sp³-hybridized carbons (Fsp3) is 0.571. The number of hydrogen-bond acceptors (Lipinski definition) is 2. The van der Waals surface area contributed by atoms with Gasteiger partial charge in [0.25, 0.3) is 0 Å². The van der Waals surface area contributed by atoms with E-state index in [1.54, 1.807) is 0 Å². The summed E-state index contributed by atoms with van der Waals surface area (Å²) in [6.07, 6.45) is 4.23. The standard InChI is InChI=1S/C14H20N2/c15-13(11-5-2-1-3-6-11)10-16-8-4-7-12-9-14(12)16/h1-3,5-6,12-14H,4,7-10,15H2. The quantitative estimate of drug-likeness (QED) is 0.839. The highest BCUT2D eigenvalue weighted by Crippen LogP contribution is 2.43. The molecule has 3 unspecified atom stereocenters. The van der Waals surface area contributed by atoms with Crippen molar-refractivity contribution in [1.82, 2.24) is 4.90 Å². The smallest absolute Gasteiger partial charge is 0.0424 e. The monoisotopic (exact) mass is 216 g/mol. The lowest BCUT2D eigenvalue weighted by atomic mass is 10.1. The van der Waals surface area contributed by atoms with Crippen molar-refractivity contribution < 1.29 is 0 Å². The van der Waals surface area contributed by atoms with Crippen molar-refractivity contribution >= 4 is 0 Å². The van der Waals surface area contributed by atoms with Gasteiger partial charge in [0.15, 0.2) is 0 Å². The minimum absolute atomic E-state index is 0.181. The molecule has 1 saturated carbocycles. The first-order chi connectivity index (χ1) is 7.84. The van der Waals surface area contributed by atoms with Crippen molar-refractivity contribution in [1.29, 1.82) is 0 Å². The Morgan fingerprint density at radius 3 is 2.94 bits per heavy atom. The van der Waals surface area contributed by atoms with Crippen molar-refractivity contribution in [3.8, 4) is 0 Å². The van der Waals surface area contributed by atoms with Crippen LogP contribution in [0.3, 0.4) is 0 Å². The van der Waals surface area contributed by atoms with Crippen LogP contribution in [0, 0.1) is 5.92 Å². The minimum Gasteiger partial charge on any atom is -0.323 e. The minimum atomic E-state index is 0.181. The Kier molecular flexibility index (Phi) is 2.70. The van der Waals surface area contributed by atoms with Gasteiger partial charge in [-0.05, 0) is 37.3 Å². The number of fused-ring (bicyclic) bond motifs is 1. The molecule has 1 aliphatic heterocycles. The van der Waals surface area contributed by atoms with E-state index < -0.39 is 0 Å². The molecule has 2 nitrogen and oxygen atoms in total. The van der Waals surface area contributed by atoms with Gasteiger partial charge in [0.1, 0.15) is 0 Å². The Labute approximate surface area is 97.4 Å². The van der Waals surface area contributed by atoms with E-state index in [4.69, 9.17) is 5.73 Å². The molecule has 2 fully saturated rings. The first-order valence-corrected chi connectivity index (χ1v) is 6.39. The van der Waals surface area contributed by atoms with E-state index in [2.05, 4.69) is 29.2 Å². The van der Waals surface area contributed by atoms with E-state index in [9.17, 15) is 0 Å². The van der Waals surface area contributed by atoms with Crippen molar-refractivity contribution in [2.75, 3.05) is 13.1 Å². The molecule has 0 radical (unpaired) electrons. The van der Waals surface area contributed by atoms with Crippen LogP contribution >= 0.6 is 0 Å². The van der Waals surface area contributed by atoms with E-state index in [0.29, 0.717) is 0 Å². The van der Waals surface area contributed by atoms with E-state index in [-0.39, 0.29) is 6.04 Å². The van der Waals surface area contributed by atoms with Gasteiger partial charge in [0, 0.05) is 18.6 Å². The van der Waals surface area contributed by atoms with Crippen LogP contribution < -0.4 is 5.73 Å². The van der Waals surface area contributed by atoms with Gasteiger partial charge in [-0.3, -0.25) is 4.90 Å². The molecule has 0 amide bonds. The Morgan fingerprint density at radius 1 is 1.31 bits per heavy atom. The molecule has 0 spiro atoms. The molecule has 1 heterocycles. The Balaban J connectivity index is 1.62. The van der Waals surface area contributed by atoms with Crippen LogP contribution in [0.1, 0.15) is 30.9 Å². The summed E-state index contributed by atoms with van der Waals surface area (Å²) in [6.45, 7) is 2.28. The molecule has 2 heteroatoms. The average molecular weight is 216 g/mol. The van der Waals surface area contributed by atoms with Crippen LogP contribution in [0.5, 0.6) is 0 Å². The summed E-state index contributed by atoms with van der Waals surface area (Å²) in [5.74, 6) is 0.997. The number of likely N-dealkylation sites (tertiary alicyclic amines) is 1. The second-order valence-corrected chi connectivity index (χ2v) is 5.22. The molecule has 86 valence electrons. The number of benzene rings is 1. The van der Waals surface area contributed by atoms with Crippen LogP contribution in [0.15, 0.2) is 30.3 Å². The molecule has 1 aliphatic carbocycles. The van der Waals surface area contributed by atoms with Crippen LogP contribution in [0.2, 0.25) is 0 Å². The highest BCUT2D eigenvalue weighted by molar-refractivity contribution is 5.19. The van der Waals surface area contributed by atoms with E-state index in [1.165, 1.54) is 31.4 Å². The Hall–Kier alpha value is -0.860. The predicted molar refractivity (Wildman–Crippen MR) is 66.1 cm³/mol. The van der Waals surface area contributed by atoms with Crippen LogP contribution in [-0.4, -0.2) is 24.0 Å². The number of hydrogen-bond donors (Lipinski definition) is 1. The third kappa shape index (κ3) is 2.00. The maximum absolute atomic E-state index is 6.26. The maximum atomic E-state index is 6.26. The summed E-state index contributed by atoms with van der Waals surface area (Å²) in [5.41, 5.74) is 7.53. The Morgan fingerprint density at radius 2 is 2.12 bits per heavy atom. The summed E-state index contributed by atoms with van der Waals surface area (Å²) in [6, 6.07) is 11.5. The summed E-state index contributed by atoms with van der Waals surface area (Å²) in [5, 5.41) is 0. The molecule has 1 saturated heterocycles. The third-order valence-electron chi connectivity index (χ3n) is 4.03. The normalized spacial score (nSPS) is 30.8. The molecule has 2 N–H and O–H groups in total. The van der Waals surface area contributed by atoms with Crippen molar-refractivity contribution in [2.24, 2.45) is 11.7 Å². The fourth-order valence-electron chi connectivity index (χ4n) is 3.00. The Bertz CT molecular complexity index is 349. The topological polar surface area (TPSA) is 29.3 Å². The van der Waals surface area contributed by atoms with Gasteiger partial charge < -0.3 is 5.73 Å². The number of nitrogens with two attached hydrogens (primary N) is 1. The molecule has 3 atom stereocenters. The number of rotatable bonds is 3. The van der Waals surface area contributed by atoms with Crippen LogP contribution in [-0.2, 0) is 0 Å². The van der Waals surface area contributed by atoms with Gasteiger partial charge in [-0.25, -0.2) is 0 Å². The van der Waals surface area contributed by atoms with Crippen molar-refractivity contribution in [3.05, 3.63) is 35.9 Å². The lowest BCUT2D eigenvalue weighted by molar-refractivity contribution is 0.203. The lowest BCUT2D eigenvalue weighted by Crippen LogP contribution is -2.37. The van der Waals surface area contributed by atoms with Crippen LogP contribution in [0.25, 0.3) is 0 Å². The number of nitrogens with zero attached hydrogens (tertiary/aromatic N) is 1. The maximum Gasteiger partial charge on any atom is 0.0424 e. The molecular weight excluding hydrogens is 196 g/mol. The SMILES string of the molecule is NC(CN1CCCC2CC21)c1ccccc1. The first kappa shape index (κ1) is 10.3. The second kappa shape index (κ2) is 4.19. The third-order valence-corrected chi connectivity index (χ3v) is 4.03. The molecule has 0 aromatic heterocycles. The summed E-state index contributed by atoms with van der Waals surface area (Å²) >= 11 is 0. The zero-order chi connectivity index (χ0) is 11.0. The van der Waals surface area contributed by atoms with E-state index >= 15 is 0 Å². The zero-order valence-corrected chi connectivity index (χ0v) is 9.68. The van der Waals surface area contributed by atoms with E-state index in [1.807, 2.05) is 6.07 Å². The highest BCUT2D eigenvalue weighted by atomic mass is 15.2. The summed E-state index contributed by atoms with van der Waals surface area (Å²) in [4.78, 5) is 2.60. The van der Waals surface area contributed by atoms with E-state index in [0.717, 1.165) is 18.5 Å². The summed E-state index contributed by atoms with van der Waals surface area (Å²) in [7, 11) is 0. The molecule has 1 aromatic carbocycles. The van der Waals surface area contributed by atoms with Gasteiger partial charge in [0.2, 0.25) is 0 Å². The number of piperidine rings is 1. The van der Waals surface area contributed by atoms with Crippen molar-refractivity contribution in [3.63, 3.8) is 0 Å². The molecule has 0 bridgehead atoms. The highest BCUT2D eigenvalue weighted by Gasteiger charge is 2.43. The second-order valence-electron chi connectivity index (χ2n) is 5.22. The first-order valence-electron chi connectivity index (χ1n) is 6.39. The van der Waals surface area contributed by atoms with Gasteiger partial charge in [-0.15, -0.1) is 0 Å². The molecule has 2 aliphatic rings. The molecule has 3 rings (SSSR count). The van der Waals surface area contributed by atoms with Gasteiger partial charge in [0.05, 0.1) is 0 Å². The fourth-order valence-corrected chi connectivity index (χ4v) is 3.00. The van der Waals surface area contributed by atoms with Gasteiger partial charge in [-0.1, -0.05) is 30.3 Å². The zero-order valence-electron chi connectivity index (χ0n) is 9.68. The molecular formula is C14H20N2. The van der Waals surface area contributed by atoms with Crippen LogP contribution in [0.4, 0.5) is 0 Å². The van der Waals surface area contributed by atoms with Gasteiger partial charge >= 0.3 is 0 Å². The average Bonchev–Trinajstić information content (AvgIpc) is 3.10. The largest absolute Gasteiger partial charge is 0.323 e. The van der Waals surface area contributed by atoms with Gasteiger partial charge in [-0.2, -0.15) is 0 Å². The summed E-state index contributed by atoms with van der Waals surface area (Å²) < 4.78 is 0. The predicted octanol–water partition coefficient (Wildman–Crippen LogP) is 2.17. The van der Waals surface area contributed by atoms with Crippen molar-refractivity contribution in [2.45, 2.75) is 31.3 Å².